The van der Waals surface area contributed by atoms with Crippen molar-refractivity contribution in [3.63, 3.8) is 0 Å². The maximum absolute atomic E-state index is 12.0. The van der Waals surface area contributed by atoms with Crippen LogP contribution in [0, 0.1) is 0 Å². The van der Waals surface area contributed by atoms with E-state index >= 15 is 0 Å². The van der Waals surface area contributed by atoms with Crippen molar-refractivity contribution in [3.8, 4) is 0 Å². The van der Waals surface area contributed by atoms with Gasteiger partial charge in [-0.3, -0.25) is 4.79 Å². The third-order valence-corrected chi connectivity index (χ3v) is 3.71. The molecule has 17 heavy (non-hydrogen) atoms. The van der Waals surface area contributed by atoms with E-state index in [0.717, 1.165) is 23.9 Å². The van der Waals surface area contributed by atoms with Crippen LogP contribution in [0.4, 0.5) is 5.82 Å². The Labute approximate surface area is 105 Å². The number of anilines is 1. The van der Waals surface area contributed by atoms with Crippen LogP contribution in [-0.2, 0) is 4.79 Å². The van der Waals surface area contributed by atoms with Gasteiger partial charge in [-0.1, -0.05) is 0 Å². The number of carbonyl (C=O) groups excluding carboxylic acids is 1. The van der Waals surface area contributed by atoms with Crippen LogP contribution >= 0.6 is 11.8 Å². The van der Waals surface area contributed by atoms with Crippen LogP contribution in [-0.4, -0.2) is 39.8 Å². The average Bonchev–Trinajstić information content (AvgIpc) is 2.78. The van der Waals surface area contributed by atoms with Crippen LogP contribution in [0.5, 0.6) is 0 Å². The van der Waals surface area contributed by atoms with Gasteiger partial charge in [0.2, 0.25) is 5.91 Å². The van der Waals surface area contributed by atoms with Crippen molar-refractivity contribution in [1.29, 1.82) is 0 Å². The fourth-order valence-electron chi connectivity index (χ4n) is 1.77. The van der Waals surface area contributed by atoms with Crippen LogP contribution in [0.1, 0.15) is 19.9 Å². The summed E-state index contributed by atoms with van der Waals surface area (Å²) in [6.45, 7) is 4.97. The Morgan fingerprint density at radius 3 is 3.18 bits per heavy atom. The third kappa shape index (κ3) is 3.01. The van der Waals surface area contributed by atoms with Gasteiger partial charge in [0, 0.05) is 30.2 Å². The molecule has 1 aliphatic rings. The van der Waals surface area contributed by atoms with Crippen LogP contribution in [0.15, 0.2) is 12.3 Å². The first-order chi connectivity index (χ1) is 8.18. The van der Waals surface area contributed by atoms with Gasteiger partial charge in [-0.05, 0) is 13.8 Å². The zero-order valence-corrected chi connectivity index (χ0v) is 11.0. The first-order valence-corrected chi connectivity index (χ1v) is 6.99. The number of aromatic nitrogens is 2. The lowest BCUT2D eigenvalue weighted by Gasteiger charge is -2.22. The monoisotopic (exact) mass is 254 g/mol. The maximum atomic E-state index is 12.0. The van der Waals surface area contributed by atoms with Crippen molar-refractivity contribution in [3.05, 3.63) is 12.3 Å². The summed E-state index contributed by atoms with van der Waals surface area (Å²) in [6, 6.07) is 1.98. The van der Waals surface area contributed by atoms with E-state index in [1.807, 2.05) is 36.4 Å². The standard InChI is InChI=1S/C11H18N4OS/c1-8(2)15-10(3-4-13-15)14-11(16)9-7-17-6-5-12-9/h3-4,8-9,12H,5-7H2,1-2H3,(H,14,16). The van der Waals surface area contributed by atoms with Gasteiger partial charge in [-0.15, -0.1) is 0 Å². The number of hydrogen-bond donors (Lipinski definition) is 2. The third-order valence-electron chi connectivity index (χ3n) is 2.65. The summed E-state index contributed by atoms with van der Waals surface area (Å²) < 4.78 is 1.81. The van der Waals surface area contributed by atoms with E-state index in [-0.39, 0.29) is 18.0 Å². The van der Waals surface area contributed by atoms with Gasteiger partial charge in [-0.25, -0.2) is 4.68 Å². The van der Waals surface area contributed by atoms with E-state index in [4.69, 9.17) is 0 Å². The lowest BCUT2D eigenvalue weighted by molar-refractivity contribution is -0.117. The molecule has 94 valence electrons. The number of nitrogens with zero attached hydrogens (tertiary/aromatic N) is 2. The van der Waals surface area contributed by atoms with Gasteiger partial charge in [0.25, 0.3) is 0 Å². The molecule has 1 aromatic heterocycles. The van der Waals surface area contributed by atoms with Gasteiger partial charge < -0.3 is 10.6 Å². The Morgan fingerprint density at radius 1 is 1.71 bits per heavy atom. The van der Waals surface area contributed by atoms with Gasteiger partial charge in [-0.2, -0.15) is 16.9 Å². The smallest absolute Gasteiger partial charge is 0.243 e. The lowest BCUT2D eigenvalue weighted by atomic mass is 10.3. The van der Waals surface area contributed by atoms with Crippen molar-refractivity contribution in [2.24, 2.45) is 0 Å². The molecule has 5 nitrogen and oxygen atoms in total. The minimum Gasteiger partial charge on any atom is -0.310 e. The lowest BCUT2D eigenvalue weighted by Crippen LogP contribution is -2.46. The molecule has 2 heterocycles. The Bertz CT molecular complexity index is 385. The highest BCUT2D eigenvalue weighted by Gasteiger charge is 2.21. The number of carbonyl (C=O) groups is 1. The normalized spacial score (nSPS) is 20.5. The molecule has 0 spiro atoms. The Hall–Kier alpha value is -1.01. The van der Waals surface area contributed by atoms with Crippen molar-refractivity contribution in [2.45, 2.75) is 25.9 Å². The highest BCUT2D eigenvalue weighted by Crippen LogP contribution is 2.14. The molecule has 1 saturated heterocycles. The minimum atomic E-state index is -0.0933. The number of thioether (sulfide) groups is 1. The summed E-state index contributed by atoms with van der Waals surface area (Å²) >= 11 is 1.81. The summed E-state index contributed by atoms with van der Waals surface area (Å²) in [4.78, 5) is 12.0. The zero-order chi connectivity index (χ0) is 12.3. The van der Waals surface area contributed by atoms with Crippen molar-refractivity contribution >= 4 is 23.5 Å². The molecule has 0 bridgehead atoms. The molecule has 0 saturated carbocycles. The fourth-order valence-corrected chi connectivity index (χ4v) is 2.71. The van der Waals surface area contributed by atoms with E-state index < -0.39 is 0 Å². The number of rotatable bonds is 3. The number of nitrogens with one attached hydrogen (secondary N) is 2. The fraction of sp³-hybridized carbons (Fsp3) is 0.636. The minimum absolute atomic E-state index is 0.0274. The predicted molar refractivity (Wildman–Crippen MR) is 70.4 cm³/mol. The summed E-state index contributed by atoms with van der Waals surface area (Å²) in [5, 5.41) is 10.3. The van der Waals surface area contributed by atoms with Gasteiger partial charge in [0.1, 0.15) is 5.82 Å². The Morgan fingerprint density at radius 2 is 2.53 bits per heavy atom. The molecule has 1 atom stereocenters. The molecule has 0 aliphatic carbocycles. The van der Waals surface area contributed by atoms with Gasteiger partial charge >= 0.3 is 0 Å². The van der Waals surface area contributed by atoms with Gasteiger partial charge in [0.05, 0.1) is 12.2 Å². The summed E-state index contributed by atoms with van der Waals surface area (Å²) in [5.41, 5.74) is 0. The molecule has 0 radical (unpaired) electrons. The quantitative estimate of drug-likeness (QED) is 0.848. The zero-order valence-electron chi connectivity index (χ0n) is 10.1. The van der Waals surface area contributed by atoms with Crippen molar-refractivity contribution < 1.29 is 4.79 Å². The molecular formula is C11H18N4OS. The van der Waals surface area contributed by atoms with E-state index in [9.17, 15) is 4.79 Å². The second-order valence-electron chi connectivity index (χ2n) is 4.33. The maximum Gasteiger partial charge on any atom is 0.243 e. The van der Waals surface area contributed by atoms with E-state index in [0.29, 0.717) is 0 Å². The molecule has 2 rings (SSSR count). The Kier molecular flexibility index (Phi) is 4.06. The van der Waals surface area contributed by atoms with Crippen LogP contribution in [0.25, 0.3) is 0 Å². The Balaban J connectivity index is 1.99. The molecule has 2 N–H and O–H groups in total. The molecular weight excluding hydrogens is 236 g/mol. The molecule has 0 aromatic carbocycles. The predicted octanol–water partition coefficient (Wildman–Crippen LogP) is 1.11. The van der Waals surface area contributed by atoms with Crippen molar-refractivity contribution in [2.75, 3.05) is 23.4 Å². The SMILES string of the molecule is CC(C)n1nccc1NC(=O)C1CSCCN1. The average molecular weight is 254 g/mol. The summed E-state index contributed by atoms with van der Waals surface area (Å²) in [6.07, 6.45) is 1.71. The van der Waals surface area contributed by atoms with Gasteiger partial charge in [0.15, 0.2) is 0 Å². The first kappa shape index (κ1) is 12.4. The second kappa shape index (κ2) is 5.55. The molecule has 1 aliphatic heterocycles. The first-order valence-electron chi connectivity index (χ1n) is 5.84. The second-order valence-corrected chi connectivity index (χ2v) is 5.48. The van der Waals surface area contributed by atoms with Crippen LogP contribution < -0.4 is 10.6 Å². The molecule has 1 fully saturated rings. The topological polar surface area (TPSA) is 59.0 Å². The largest absolute Gasteiger partial charge is 0.310 e. The highest BCUT2D eigenvalue weighted by atomic mass is 32.2. The van der Waals surface area contributed by atoms with Crippen LogP contribution in [0.3, 0.4) is 0 Å². The molecule has 1 amide bonds. The highest BCUT2D eigenvalue weighted by molar-refractivity contribution is 7.99. The molecule has 1 aromatic rings. The molecule has 1 unspecified atom stereocenters. The number of amides is 1. The number of hydrogen-bond acceptors (Lipinski definition) is 4. The van der Waals surface area contributed by atoms with Crippen LogP contribution in [0.2, 0.25) is 0 Å². The summed E-state index contributed by atoms with van der Waals surface area (Å²) in [5.74, 6) is 2.71. The molecule has 6 heteroatoms. The van der Waals surface area contributed by atoms with E-state index in [2.05, 4.69) is 15.7 Å². The van der Waals surface area contributed by atoms with E-state index in [1.54, 1.807) is 6.20 Å². The van der Waals surface area contributed by atoms with Crippen molar-refractivity contribution in [1.82, 2.24) is 15.1 Å². The van der Waals surface area contributed by atoms with E-state index in [1.165, 1.54) is 0 Å². The summed E-state index contributed by atoms with van der Waals surface area (Å²) in [7, 11) is 0.